The Kier molecular flexibility index (Phi) is 5.74. The Morgan fingerprint density at radius 3 is 2.15 bits per heavy atom. The molecule has 4 nitrogen and oxygen atoms in total. The summed E-state index contributed by atoms with van der Waals surface area (Å²) in [6.07, 6.45) is 0. The van der Waals surface area contributed by atoms with Gasteiger partial charge in [0.15, 0.2) is 0 Å². The molecule has 2 N–H and O–H groups in total. The Balaban J connectivity index is 2.78. The minimum absolute atomic E-state index is 0.0231. The maximum absolute atomic E-state index is 12.2. The van der Waals surface area contributed by atoms with Crippen LogP contribution in [0.4, 0.5) is 0 Å². The number of hydrogen-bond acceptors (Lipinski definition) is 3. The summed E-state index contributed by atoms with van der Waals surface area (Å²) in [6.45, 7) is 11.5. The van der Waals surface area contributed by atoms with Gasteiger partial charge in [-0.25, -0.2) is 13.1 Å². The van der Waals surface area contributed by atoms with Crippen molar-refractivity contribution in [1.29, 1.82) is 0 Å². The van der Waals surface area contributed by atoms with Crippen LogP contribution in [0, 0.1) is 0 Å². The predicted octanol–water partition coefficient (Wildman–Crippen LogP) is 2.26. The van der Waals surface area contributed by atoms with Crippen molar-refractivity contribution in [2.45, 2.75) is 51.0 Å². The fourth-order valence-corrected chi connectivity index (χ4v) is 3.00. The maximum Gasteiger partial charge on any atom is 0.240 e. The molecule has 0 unspecified atom stereocenters. The van der Waals surface area contributed by atoms with Crippen LogP contribution >= 0.6 is 0 Å². The molecule has 1 aromatic carbocycles. The molecular weight excluding hydrogens is 272 g/mol. The van der Waals surface area contributed by atoms with Crippen LogP contribution in [0.5, 0.6) is 0 Å². The van der Waals surface area contributed by atoms with E-state index >= 15 is 0 Å². The highest BCUT2D eigenvalue weighted by atomic mass is 32.2. The summed E-state index contributed by atoms with van der Waals surface area (Å²) in [5.41, 5.74) is 1.15. The van der Waals surface area contributed by atoms with Crippen molar-refractivity contribution in [3.8, 4) is 0 Å². The second-order valence-corrected chi connectivity index (χ2v) is 7.85. The summed E-state index contributed by atoms with van der Waals surface area (Å²) in [5, 5.41) is 3.17. The third-order valence-corrected chi connectivity index (χ3v) is 4.60. The van der Waals surface area contributed by atoms with Crippen molar-refractivity contribution in [3.05, 3.63) is 29.8 Å². The Morgan fingerprint density at radius 1 is 1.15 bits per heavy atom. The van der Waals surface area contributed by atoms with Crippen molar-refractivity contribution in [1.82, 2.24) is 10.0 Å². The number of sulfonamides is 1. The molecule has 20 heavy (non-hydrogen) atoms. The lowest BCUT2D eigenvalue weighted by molar-refractivity contribution is 0.536. The molecule has 0 spiro atoms. The zero-order valence-corrected chi connectivity index (χ0v) is 13.8. The van der Waals surface area contributed by atoms with Crippen LogP contribution in [-0.2, 0) is 15.4 Å². The van der Waals surface area contributed by atoms with E-state index < -0.39 is 10.0 Å². The third kappa shape index (κ3) is 4.89. The average Bonchev–Trinajstić information content (AvgIpc) is 2.36. The molecule has 114 valence electrons. The Labute approximate surface area is 123 Å². The van der Waals surface area contributed by atoms with E-state index in [9.17, 15) is 8.42 Å². The number of hydrogen-bond donors (Lipinski definition) is 2. The zero-order valence-electron chi connectivity index (χ0n) is 13.0. The Morgan fingerprint density at radius 2 is 1.70 bits per heavy atom. The highest BCUT2D eigenvalue weighted by Gasteiger charge is 2.17. The fraction of sp³-hybridized carbons (Fsp3) is 0.600. The van der Waals surface area contributed by atoms with Gasteiger partial charge in [0.05, 0.1) is 4.90 Å². The summed E-state index contributed by atoms with van der Waals surface area (Å²) in [6, 6.07) is 7.20. The van der Waals surface area contributed by atoms with Crippen LogP contribution in [0.15, 0.2) is 29.2 Å². The third-order valence-electron chi connectivity index (χ3n) is 3.16. The van der Waals surface area contributed by atoms with Gasteiger partial charge in [-0.15, -0.1) is 0 Å². The minimum atomic E-state index is -3.43. The lowest BCUT2D eigenvalue weighted by atomic mass is 9.87. The van der Waals surface area contributed by atoms with Crippen LogP contribution in [0.3, 0.4) is 0 Å². The van der Waals surface area contributed by atoms with Crippen LogP contribution in [0.2, 0.25) is 0 Å². The molecule has 0 amide bonds. The number of likely N-dealkylation sites (N-methyl/N-ethyl adjacent to an activating group) is 1. The molecule has 0 aliphatic carbocycles. The lowest BCUT2D eigenvalue weighted by Crippen LogP contribution is -2.38. The van der Waals surface area contributed by atoms with Crippen LogP contribution < -0.4 is 10.0 Å². The average molecular weight is 298 g/mol. The molecule has 0 saturated carbocycles. The number of benzene rings is 1. The quantitative estimate of drug-likeness (QED) is 0.847. The predicted molar refractivity (Wildman–Crippen MR) is 83.5 cm³/mol. The van der Waals surface area contributed by atoms with Crippen LogP contribution in [-0.4, -0.2) is 27.5 Å². The maximum atomic E-state index is 12.2. The van der Waals surface area contributed by atoms with E-state index in [0.717, 1.165) is 12.1 Å². The molecule has 1 atom stereocenters. The first-order valence-corrected chi connectivity index (χ1v) is 8.48. The molecule has 0 bridgehead atoms. The zero-order chi connectivity index (χ0) is 15.4. The van der Waals surface area contributed by atoms with Crippen molar-refractivity contribution in [3.63, 3.8) is 0 Å². The molecule has 0 aromatic heterocycles. The van der Waals surface area contributed by atoms with Gasteiger partial charge in [-0.05, 0) is 36.6 Å². The fourth-order valence-electron chi connectivity index (χ4n) is 1.87. The van der Waals surface area contributed by atoms with Gasteiger partial charge in [0.1, 0.15) is 0 Å². The first-order chi connectivity index (χ1) is 9.16. The second-order valence-electron chi connectivity index (χ2n) is 6.09. The highest BCUT2D eigenvalue weighted by molar-refractivity contribution is 7.89. The molecule has 1 rings (SSSR count). The van der Waals surface area contributed by atoms with Gasteiger partial charge in [-0.2, -0.15) is 0 Å². The van der Waals surface area contributed by atoms with Gasteiger partial charge in [-0.3, -0.25) is 0 Å². The van der Waals surface area contributed by atoms with E-state index in [4.69, 9.17) is 0 Å². The molecular formula is C15H26N2O2S. The molecule has 0 saturated heterocycles. The van der Waals surface area contributed by atoms with Crippen LogP contribution in [0.1, 0.15) is 40.2 Å². The van der Waals surface area contributed by atoms with Gasteiger partial charge in [0, 0.05) is 12.6 Å². The molecule has 1 aromatic rings. The van der Waals surface area contributed by atoms with Gasteiger partial charge in [0.2, 0.25) is 10.0 Å². The standard InChI is InChI=1S/C15H26N2O2S/c1-6-16-12(2)11-17-20(18,19)14-9-7-13(8-10-14)15(3,4)5/h7-10,12,16-17H,6,11H2,1-5H3/t12-/m1/s1. The van der Waals surface area contributed by atoms with Crippen molar-refractivity contribution < 1.29 is 8.42 Å². The lowest BCUT2D eigenvalue weighted by Gasteiger charge is -2.19. The monoisotopic (exact) mass is 298 g/mol. The Hall–Kier alpha value is -0.910. The number of rotatable bonds is 6. The summed E-state index contributed by atoms with van der Waals surface area (Å²) < 4.78 is 27.0. The molecule has 5 heteroatoms. The summed E-state index contributed by atoms with van der Waals surface area (Å²) in [7, 11) is -3.43. The van der Waals surface area contributed by atoms with E-state index in [-0.39, 0.29) is 11.5 Å². The highest BCUT2D eigenvalue weighted by Crippen LogP contribution is 2.23. The van der Waals surface area contributed by atoms with Gasteiger partial charge in [0.25, 0.3) is 0 Å². The Bertz CT molecular complexity index is 516. The van der Waals surface area contributed by atoms with E-state index in [1.54, 1.807) is 12.1 Å². The summed E-state index contributed by atoms with van der Waals surface area (Å²) in [5.74, 6) is 0. The summed E-state index contributed by atoms with van der Waals surface area (Å²) >= 11 is 0. The normalized spacial score (nSPS) is 14.2. The van der Waals surface area contributed by atoms with Crippen molar-refractivity contribution in [2.24, 2.45) is 0 Å². The minimum Gasteiger partial charge on any atom is -0.313 e. The van der Waals surface area contributed by atoms with Gasteiger partial charge >= 0.3 is 0 Å². The molecule has 0 radical (unpaired) electrons. The van der Waals surface area contributed by atoms with Gasteiger partial charge < -0.3 is 5.32 Å². The number of nitrogens with one attached hydrogen (secondary N) is 2. The van der Waals surface area contributed by atoms with Crippen molar-refractivity contribution >= 4 is 10.0 Å². The summed E-state index contributed by atoms with van der Waals surface area (Å²) in [4.78, 5) is 0.314. The van der Waals surface area contributed by atoms with Gasteiger partial charge in [-0.1, -0.05) is 39.8 Å². The smallest absolute Gasteiger partial charge is 0.240 e. The molecule has 0 fully saturated rings. The van der Waals surface area contributed by atoms with E-state index in [1.165, 1.54) is 0 Å². The molecule has 0 heterocycles. The second kappa shape index (κ2) is 6.70. The first-order valence-electron chi connectivity index (χ1n) is 7.00. The largest absolute Gasteiger partial charge is 0.313 e. The molecule has 0 aliphatic rings. The van der Waals surface area contributed by atoms with Crippen LogP contribution in [0.25, 0.3) is 0 Å². The van der Waals surface area contributed by atoms with Crippen molar-refractivity contribution in [2.75, 3.05) is 13.1 Å². The SMILES string of the molecule is CCN[C@H](C)CNS(=O)(=O)c1ccc(C(C)(C)C)cc1. The molecule has 0 aliphatic heterocycles. The topological polar surface area (TPSA) is 58.2 Å². The van der Waals surface area contributed by atoms with E-state index in [0.29, 0.717) is 11.4 Å². The van der Waals surface area contributed by atoms with E-state index in [1.807, 2.05) is 26.0 Å². The first kappa shape index (κ1) is 17.1. The van der Waals surface area contributed by atoms with E-state index in [2.05, 4.69) is 30.8 Å².